The minimum Gasteiger partial charge on any atom is -0.497 e. The van der Waals surface area contributed by atoms with E-state index >= 15 is 0 Å². The number of methoxy groups -OCH3 is 1. The Bertz CT molecular complexity index is 869. The van der Waals surface area contributed by atoms with Crippen molar-refractivity contribution in [1.82, 2.24) is 4.90 Å². The molecule has 1 fully saturated rings. The molecule has 0 saturated carbocycles. The Morgan fingerprint density at radius 2 is 1.96 bits per heavy atom. The molecule has 1 amide bonds. The molecule has 3 rings (SSSR count). The second-order valence-electron chi connectivity index (χ2n) is 7.03. The number of aliphatic hydroxyl groups excluding tert-OH is 1. The molecule has 1 aliphatic rings. The predicted octanol–water partition coefficient (Wildman–Crippen LogP) is 2.35. The van der Waals surface area contributed by atoms with Gasteiger partial charge in [0.15, 0.2) is 0 Å². The van der Waals surface area contributed by atoms with Gasteiger partial charge in [0.05, 0.1) is 13.2 Å². The van der Waals surface area contributed by atoms with E-state index in [9.17, 15) is 24.2 Å². The molecule has 0 bridgehead atoms. The maximum Gasteiger partial charge on any atom is 0.314 e. The number of piperidine rings is 1. The van der Waals surface area contributed by atoms with Gasteiger partial charge in [-0.2, -0.15) is 0 Å². The summed E-state index contributed by atoms with van der Waals surface area (Å²) in [5, 5.41) is 20.5. The molecule has 0 radical (unpaired) electrons. The average molecular weight is 387 g/mol. The Hall–Kier alpha value is -2.93. The van der Waals surface area contributed by atoms with E-state index in [2.05, 4.69) is 0 Å². The summed E-state index contributed by atoms with van der Waals surface area (Å²) in [5.74, 6) is -1.41. The van der Waals surface area contributed by atoms with E-state index in [1.165, 1.54) is 36.3 Å². The van der Waals surface area contributed by atoms with Gasteiger partial charge >= 0.3 is 5.97 Å². The van der Waals surface area contributed by atoms with E-state index in [0.717, 1.165) is 0 Å². The molecule has 2 N–H and O–H groups in total. The molecule has 2 aromatic carbocycles. The van der Waals surface area contributed by atoms with Crippen LogP contribution in [-0.2, 0) is 11.2 Å². The number of hydrogen-bond donors (Lipinski definition) is 2. The van der Waals surface area contributed by atoms with Gasteiger partial charge in [0.25, 0.3) is 5.91 Å². The van der Waals surface area contributed by atoms with Gasteiger partial charge in [-0.3, -0.25) is 9.59 Å². The highest BCUT2D eigenvalue weighted by Gasteiger charge is 2.50. The fourth-order valence-corrected chi connectivity index (χ4v) is 3.62. The molecule has 7 heteroatoms. The molecule has 148 valence electrons. The standard InChI is InChI=1S/C21H22FNO5/c1-28-17-4-2-3-15(11-17)19(25)23-10-9-18(24)21(13-23,20(26)27)12-14-5-7-16(22)8-6-14/h2-8,11,18,24H,9-10,12-13H2,1H3,(H,26,27)/t18-,21+/m0/s1. The number of carboxylic acids is 1. The van der Waals surface area contributed by atoms with Crippen molar-refractivity contribution in [3.8, 4) is 5.75 Å². The number of likely N-dealkylation sites (tertiary alicyclic amines) is 1. The Balaban J connectivity index is 1.88. The van der Waals surface area contributed by atoms with Crippen molar-refractivity contribution in [1.29, 1.82) is 0 Å². The zero-order valence-electron chi connectivity index (χ0n) is 15.5. The molecule has 28 heavy (non-hydrogen) atoms. The maximum atomic E-state index is 13.2. The largest absolute Gasteiger partial charge is 0.497 e. The second-order valence-corrected chi connectivity index (χ2v) is 7.03. The number of carbonyl (C=O) groups excluding carboxylic acids is 1. The van der Waals surface area contributed by atoms with Gasteiger partial charge in [0, 0.05) is 18.7 Å². The number of amides is 1. The fraction of sp³-hybridized carbons (Fsp3) is 0.333. The summed E-state index contributed by atoms with van der Waals surface area (Å²) in [4.78, 5) is 26.5. The van der Waals surface area contributed by atoms with Crippen molar-refractivity contribution in [3.05, 3.63) is 65.5 Å². The number of nitrogens with zero attached hydrogens (tertiary/aromatic N) is 1. The van der Waals surface area contributed by atoms with Crippen LogP contribution in [0.3, 0.4) is 0 Å². The van der Waals surface area contributed by atoms with Crippen LogP contribution in [-0.4, -0.2) is 53.3 Å². The van der Waals surface area contributed by atoms with Gasteiger partial charge in [-0.1, -0.05) is 18.2 Å². The van der Waals surface area contributed by atoms with Crippen LogP contribution in [0.15, 0.2) is 48.5 Å². The highest BCUT2D eigenvalue weighted by atomic mass is 19.1. The van der Waals surface area contributed by atoms with Crippen LogP contribution in [0.4, 0.5) is 4.39 Å². The van der Waals surface area contributed by atoms with Crippen molar-refractivity contribution in [3.63, 3.8) is 0 Å². The van der Waals surface area contributed by atoms with Gasteiger partial charge in [0.2, 0.25) is 0 Å². The van der Waals surface area contributed by atoms with E-state index in [-0.39, 0.29) is 31.8 Å². The molecule has 1 aliphatic heterocycles. The van der Waals surface area contributed by atoms with Gasteiger partial charge in [-0.05, 0) is 48.7 Å². The zero-order chi connectivity index (χ0) is 20.3. The normalized spacial score (nSPS) is 22.0. The number of carboxylic acid groups (broad SMARTS) is 1. The number of hydrogen-bond acceptors (Lipinski definition) is 4. The number of halogens is 1. The van der Waals surface area contributed by atoms with Crippen LogP contribution in [0, 0.1) is 11.2 Å². The summed E-state index contributed by atoms with van der Waals surface area (Å²) in [6.07, 6.45) is -0.987. The molecular weight excluding hydrogens is 365 g/mol. The summed E-state index contributed by atoms with van der Waals surface area (Å²) in [7, 11) is 1.50. The highest BCUT2D eigenvalue weighted by Crippen LogP contribution is 2.35. The second kappa shape index (κ2) is 7.98. The Morgan fingerprint density at radius 1 is 1.25 bits per heavy atom. The monoisotopic (exact) mass is 387 g/mol. The third-order valence-corrected chi connectivity index (χ3v) is 5.25. The van der Waals surface area contributed by atoms with Crippen molar-refractivity contribution >= 4 is 11.9 Å². The number of ether oxygens (including phenoxy) is 1. The molecule has 0 aromatic heterocycles. The smallest absolute Gasteiger partial charge is 0.314 e. The number of aliphatic hydroxyl groups is 1. The molecular formula is C21H22FNO5. The summed E-state index contributed by atoms with van der Waals surface area (Å²) >= 11 is 0. The summed E-state index contributed by atoms with van der Waals surface area (Å²) in [5.41, 5.74) is -0.597. The van der Waals surface area contributed by atoms with Crippen LogP contribution in [0.2, 0.25) is 0 Å². The Kier molecular flexibility index (Phi) is 5.65. The number of rotatable bonds is 5. The minimum atomic E-state index is -1.56. The van der Waals surface area contributed by atoms with E-state index in [1.807, 2.05) is 0 Å². The lowest BCUT2D eigenvalue weighted by molar-refractivity contribution is -0.161. The molecule has 1 heterocycles. The van der Waals surface area contributed by atoms with E-state index in [1.54, 1.807) is 24.3 Å². The van der Waals surface area contributed by atoms with E-state index in [0.29, 0.717) is 16.9 Å². The first kappa shape index (κ1) is 19.8. The number of benzene rings is 2. The Labute approximate surface area is 162 Å². The lowest BCUT2D eigenvalue weighted by Gasteiger charge is -2.43. The van der Waals surface area contributed by atoms with E-state index in [4.69, 9.17) is 4.74 Å². The average Bonchev–Trinajstić information content (AvgIpc) is 2.70. The maximum absolute atomic E-state index is 13.2. The zero-order valence-corrected chi connectivity index (χ0v) is 15.5. The third kappa shape index (κ3) is 3.84. The number of aliphatic carboxylic acids is 1. The molecule has 2 atom stereocenters. The van der Waals surface area contributed by atoms with E-state index < -0.39 is 23.3 Å². The molecule has 1 saturated heterocycles. The van der Waals surface area contributed by atoms with Crippen LogP contribution in [0.5, 0.6) is 5.75 Å². The molecule has 2 aromatic rings. The first-order chi connectivity index (χ1) is 13.4. The van der Waals surface area contributed by atoms with Gasteiger partial charge < -0.3 is 19.8 Å². The van der Waals surface area contributed by atoms with Crippen molar-refractivity contribution in [2.45, 2.75) is 18.9 Å². The highest BCUT2D eigenvalue weighted by molar-refractivity contribution is 5.95. The first-order valence-electron chi connectivity index (χ1n) is 8.95. The third-order valence-electron chi connectivity index (χ3n) is 5.25. The van der Waals surface area contributed by atoms with Gasteiger partial charge in [-0.25, -0.2) is 4.39 Å². The molecule has 6 nitrogen and oxygen atoms in total. The number of carbonyl (C=O) groups is 2. The van der Waals surface area contributed by atoms with Crippen molar-refractivity contribution in [2.75, 3.05) is 20.2 Å². The molecule has 0 spiro atoms. The van der Waals surface area contributed by atoms with Crippen molar-refractivity contribution in [2.24, 2.45) is 5.41 Å². The predicted molar refractivity (Wildman–Crippen MR) is 99.7 cm³/mol. The first-order valence-corrected chi connectivity index (χ1v) is 8.95. The summed E-state index contributed by atoms with van der Waals surface area (Å²) < 4.78 is 18.3. The lowest BCUT2D eigenvalue weighted by Crippen LogP contribution is -2.58. The lowest BCUT2D eigenvalue weighted by atomic mass is 9.72. The SMILES string of the molecule is COc1cccc(C(=O)N2CC[C@H](O)[C@](Cc3ccc(F)cc3)(C(=O)O)C2)c1. The quantitative estimate of drug-likeness (QED) is 0.823. The Morgan fingerprint density at radius 3 is 2.61 bits per heavy atom. The topological polar surface area (TPSA) is 87.1 Å². The summed E-state index contributed by atoms with van der Waals surface area (Å²) in [6, 6.07) is 12.1. The van der Waals surface area contributed by atoms with Crippen LogP contribution in [0.1, 0.15) is 22.3 Å². The summed E-state index contributed by atoms with van der Waals surface area (Å²) in [6.45, 7) is 0.104. The van der Waals surface area contributed by atoms with Crippen LogP contribution < -0.4 is 4.74 Å². The van der Waals surface area contributed by atoms with Crippen molar-refractivity contribution < 1.29 is 28.9 Å². The minimum absolute atomic E-state index is 0.00826. The van der Waals surface area contributed by atoms with Crippen LogP contribution in [0.25, 0.3) is 0 Å². The molecule has 0 aliphatic carbocycles. The fourth-order valence-electron chi connectivity index (χ4n) is 3.62. The van der Waals surface area contributed by atoms with Crippen LogP contribution >= 0.6 is 0 Å². The van der Waals surface area contributed by atoms with Gasteiger partial charge in [0.1, 0.15) is 17.0 Å². The van der Waals surface area contributed by atoms with Gasteiger partial charge in [-0.15, -0.1) is 0 Å². The molecule has 0 unspecified atom stereocenters.